The maximum absolute atomic E-state index is 12.9. The summed E-state index contributed by atoms with van der Waals surface area (Å²) in [6.45, 7) is 0. The summed E-state index contributed by atoms with van der Waals surface area (Å²) in [5.41, 5.74) is 1.99. The van der Waals surface area contributed by atoms with Crippen LogP contribution in [0, 0.1) is 0 Å². The fourth-order valence-corrected chi connectivity index (χ4v) is 5.42. The van der Waals surface area contributed by atoms with Crippen molar-refractivity contribution in [3.63, 3.8) is 0 Å². The molecular weight excluding hydrogens is 483 g/mol. The number of phenols is 2. The van der Waals surface area contributed by atoms with Gasteiger partial charge in [-0.05, 0) is 0 Å². The van der Waals surface area contributed by atoms with Crippen molar-refractivity contribution in [2.45, 2.75) is 0 Å². The van der Waals surface area contributed by atoms with E-state index in [9.17, 15) is 19.8 Å². The van der Waals surface area contributed by atoms with Crippen molar-refractivity contribution in [2.24, 2.45) is 0 Å². The maximum atomic E-state index is 12.9. The molecule has 0 heterocycles. The molecule has 0 aliphatic carbocycles. The van der Waals surface area contributed by atoms with Crippen LogP contribution in [0.5, 0.6) is 11.5 Å². The molecule has 0 spiro atoms. The van der Waals surface area contributed by atoms with Crippen LogP contribution in [-0.2, 0) is 0 Å². The molecule has 0 radical (unpaired) electrons. The molecule has 0 aliphatic heterocycles. The fourth-order valence-electron chi connectivity index (χ4n) is 3.17. The predicted octanol–water partition coefficient (Wildman–Crippen LogP) is 3.26. The van der Waals surface area contributed by atoms with E-state index in [1.54, 1.807) is 48.5 Å². The van der Waals surface area contributed by atoms with Crippen LogP contribution < -0.4 is 19.6 Å². The van der Waals surface area contributed by atoms with Gasteiger partial charge in [0, 0.05) is 0 Å². The van der Waals surface area contributed by atoms with Gasteiger partial charge in [-0.2, -0.15) is 0 Å². The van der Waals surface area contributed by atoms with E-state index in [0.29, 0.717) is 22.5 Å². The normalized spacial score (nSPS) is 10.4. The number of rotatable bonds is 6. The van der Waals surface area contributed by atoms with E-state index < -0.39 is 0 Å². The van der Waals surface area contributed by atoms with Crippen LogP contribution in [-0.4, -0.2) is 37.0 Å². The van der Waals surface area contributed by atoms with Gasteiger partial charge in [0.15, 0.2) is 0 Å². The molecule has 33 heavy (non-hydrogen) atoms. The summed E-state index contributed by atoms with van der Waals surface area (Å²) >= 11 is -0.334. The SMILES string of the molecule is O=C(Nc1cccc(O)c1)c1ccccc1[Se]c1ccccc1C(=O)Nc1cccc(O)c1. The van der Waals surface area contributed by atoms with E-state index in [1.165, 1.54) is 24.3 Å². The Morgan fingerprint density at radius 1 is 0.576 bits per heavy atom. The monoisotopic (exact) mass is 504 g/mol. The molecule has 4 aromatic rings. The predicted molar refractivity (Wildman–Crippen MR) is 130 cm³/mol. The average Bonchev–Trinajstić information content (AvgIpc) is 2.80. The van der Waals surface area contributed by atoms with Gasteiger partial charge in [0.25, 0.3) is 0 Å². The van der Waals surface area contributed by atoms with Crippen LogP contribution >= 0.6 is 0 Å². The first-order chi connectivity index (χ1) is 16.0. The molecule has 6 nitrogen and oxygen atoms in total. The number of aromatic hydroxyl groups is 2. The van der Waals surface area contributed by atoms with Crippen molar-refractivity contribution in [2.75, 3.05) is 10.6 Å². The van der Waals surface area contributed by atoms with Crippen LogP contribution in [0.4, 0.5) is 11.4 Å². The van der Waals surface area contributed by atoms with Gasteiger partial charge in [-0.25, -0.2) is 0 Å². The second kappa shape index (κ2) is 10.0. The van der Waals surface area contributed by atoms with Crippen LogP contribution in [0.25, 0.3) is 0 Å². The first kappa shape index (κ1) is 22.1. The third kappa shape index (κ3) is 5.60. The van der Waals surface area contributed by atoms with Gasteiger partial charge in [0.1, 0.15) is 0 Å². The molecule has 7 heteroatoms. The number of carbonyl (C=O) groups excluding carboxylic acids is 2. The third-order valence-corrected chi connectivity index (χ3v) is 7.11. The molecule has 4 N–H and O–H groups in total. The van der Waals surface area contributed by atoms with E-state index in [-0.39, 0.29) is 38.3 Å². The average molecular weight is 503 g/mol. The molecule has 0 aliphatic rings. The molecule has 0 fully saturated rings. The minimum absolute atomic E-state index is 0.0666. The summed E-state index contributed by atoms with van der Waals surface area (Å²) in [7, 11) is 0. The van der Waals surface area contributed by atoms with Crippen molar-refractivity contribution in [1.82, 2.24) is 0 Å². The Kier molecular flexibility index (Phi) is 6.74. The Labute approximate surface area is 197 Å². The summed E-state index contributed by atoms with van der Waals surface area (Å²) in [5.74, 6) is -0.450. The Balaban J connectivity index is 1.58. The summed E-state index contributed by atoms with van der Waals surface area (Å²) < 4.78 is 1.64. The summed E-state index contributed by atoms with van der Waals surface area (Å²) in [5, 5.41) is 24.9. The summed E-state index contributed by atoms with van der Waals surface area (Å²) in [6, 6.07) is 27.3. The van der Waals surface area contributed by atoms with Gasteiger partial charge in [-0.15, -0.1) is 0 Å². The molecule has 0 bridgehead atoms. The fraction of sp³-hybridized carbons (Fsp3) is 0. The van der Waals surface area contributed by atoms with E-state index in [1.807, 2.05) is 24.3 Å². The molecule has 0 saturated carbocycles. The zero-order valence-electron chi connectivity index (χ0n) is 17.4. The third-order valence-electron chi connectivity index (χ3n) is 4.69. The Morgan fingerprint density at radius 3 is 1.42 bits per heavy atom. The minimum atomic E-state index is -0.334. The molecule has 0 unspecified atom stereocenters. The van der Waals surface area contributed by atoms with Crippen molar-refractivity contribution in [3.05, 3.63) is 108 Å². The zero-order chi connectivity index (χ0) is 23.2. The van der Waals surface area contributed by atoms with E-state index in [4.69, 9.17) is 0 Å². The van der Waals surface area contributed by atoms with Gasteiger partial charge >= 0.3 is 197 Å². The number of hydrogen-bond donors (Lipinski definition) is 4. The quantitative estimate of drug-likeness (QED) is 0.304. The van der Waals surface area contributed by atoms with E-state index >= 15 is 0 Å². The Morgan fingerprint density at radius 2 is 1.00 bits per heavy atom. The molecule has 164 valence electrons. The van der Waals surface area contributed by atoms with Gasteiger partial charge in [-0.1, -0.05) is 0 Å². The van der Waals surface area contributed by atoms with Gasteiger partial charge < -0.3 is 0 Å². The summed E-state index contributed by atoms with van der Waals surface area (Å²) in [4.78, 5) is 25.9. The number of amides is 2. The molecule has 2 amide bonds. The first-order valence-electron chi connectivity index (χ1n) is 10.1. The van der Waals surface area contributed by atoms with Gasteiger partial charge in [0.05, 0.1) is 0 Å². The Hall–Kier alpha value is -4.06. The van der Waals surface area contributed by atoms with Crippen molar-refractivity contribution < 1.29 is 19.8 Å². The molecule has 0 atom stereocenters. The zero-order valence-corrected chi connectivity index (χ0v) is 19.1. The number of hydrogen-bond acceptors (Lipinski definition) is 4. The molecule has 4 aromatic carbocycles. The number of anilines is 2. The molecule has 0 saturated heterocycles. The second-order valence-electron chi connectivity index (χ2n) is 7.10. The van der Waals surface area contributed by atoms with Crippen LogP contribution in [0.3, 0.4) is 0 Å². The standard InChI is InChI=1S/C26H20N2O4Se/c29-19-9-5-7-17(15-19)27-25(31)21-11-1-3-13-23(21)33-24-14-4-2-12-22(24)26(32)28-18-8-6-10-20(30)16-18/h1-16,29-30H,(H,27,31)(H,28,32). The molecular formula is C26H20N2O4Se. The topological polar surface area (TPSA) is 98.7 Å². The van der Waals surface area contributed by atoms with Crippen LogP contribution in [0.15, 0.2) is 97.1 Å². The number of carbonyl (C=O) groups is 2. The second-order valence-corrected chi connectivity index (χ2v) is 9.38. The van der Waals surface area contributed by atoms with Gasteiger partial charge in [-0.3, -0.25) is 0 Å². The Bertz CT molecular complexity index is 1220. The number of benzene rings is 4. The molecule has 0 aromatic heterocycles. The first-order valence-corrected chi connectivity index (χ1v) is 11.8. The van der Waals surface area contributed by atoms with Crippen molar-refractivity contribution in [3.8, 4) is 11.5 Å². The van der Waals surface area contributed by atoms with Crippen LogP contribution in [0.2, 0.25) is 0 Å². The number of nitrogens with one attached hydrogen (secondary N) is 2. The van der Waals surface area contributed by atoms with E-state index in [0.717, 1.165) is 8.92 Å². The molecule has 4 rings (SSSR count). The van der Waals surface area contributed by atoms with Gasteiger partial charge in [0.2, 0.25) is 0 Å². The van der Waals surface area contributed by atoms with E-state index in [2.05, 4.69) is 10.6 Å². The van der Waals surface area contributed by atoms with Crippen molar-refractivity contribution in [1.29, 1.82) is 0 Å². The van der Waals surface area contributed by atoms with Crippen LogP contribution in [0.1, 0.15) is 20.7 Å². The summed E-state index contributed by atoms with van der Waals surface area (Å²) in [6.07, 6.45) is 0. The number of phenolic OH excluding ortho intramolecular Hbond substituents is 2. The van der Waals surface area contributed by atoms with Crippen molar-refractivity contribution >= 4 is 47.1 Å².